The molecule has 27 heavy (non-hydrogen) atoms. The summed E-state index contributed by atoms with van der Waals surface area (Å²) in [7, 11) is 0. The third-order valence-electron chi connectivity index (χ3n) is 3.94. The fourth-order valence-corrected chi connectivity index (χ4v) is 2.82. The second-order valence-electron chi connectivity index (χ2n) is 5.98. The highest BCUT2D eigenvalue weighted by Crippen LogP contribution is 2.21. The van der Waals surface area contributed by atoms with Crippen molar-refractivity contribution in [1.29, 1.82) is 0 Å². The van der Waals surface area contributed by atoms with Gasteiger partial charge in [-0.15, -0.1) is 11.3 Å². The van der Waals surface area contributed by atoms with Crippen LogP contribution in [0.25, 0.3) is 0 Å². The molecule has 0 bridgehead atoms. The van der Waals surface area contributed by atoms with Gasteiger partial charge in [0.2, 0.25) is 5.91 Å². The molecule has 0 spiro atoms. The molecule has 0 saturated carbocycles. The monoisotopic (exact) mass is 389 g/mol. The van der Waals surface area contributed by atoms with Gasteiger partial charge in [0.15, 0.2) is 6.10 Å². The smallest absolute Gasteiger partial charge is 0.279 e. The van der Waals surface area contributed by atoms with Gasteiger partial charge >= 0.3 is 0 Å². The Bertz CT molecular complexity index is 805. The largest absolute Gasteiger partial charge is 0.481 e. The Morgan fingerprint density at radius 3 is 2.59 bits per heavy atom. The van der Waals surface area contributed by atoms with E-state index in [0.29, 0.717) is 10.6 Å². The van der Waals surface area contributed by atoms with Crippen LogP contribution in [-0.4, -0.2) is 30.4 Å². The van der Waals surface area contributed by atoms with Crippen molar-refractivity contribution in [3.05, 3.63) is 51.7 Å². The zero-order chi connectivity index (χ0) is 19.8. The summed E-state index contributed by atoms with van der Waals surface area (Å²) < 4.78 is 5.65. The van der Waals surface area contributed by atoms with E-state index in [1.54, 1.807) is 30.5 Å². The normalized spacial score (nSPS) is 11.4. The van der Waals surface area contributed by atoms with E-state index >= 15 is 0 Å². The van der Waals surface area contributed by atoms with E-state index in [4.69, 9.17) is 4.74 Å². The molecule has 1 aromatic carbocycles. The summed E-state index contributed by atoms with van der Waals surface area (Å²) >= 11 is 1.33. The summed E-state index contributed by atoms with van der Waals surface area (Å²) in [5.74, 6) is -0.474. The number of nitrogens with one attached hydrogen (secondary N) is 3. The molecule has 0 aliphatic carbocycles. The van der Waals surface area contributed by atoms with Gasteiger partial charge in [0.05, 0.1) is 4.88 Å². The third-order valence-corrected chi connectivity index (χ3v) is 4.80. The van der Waals surface area contributed by atoms with E-state index in [9.17, 15) is 14.4 Å². The predicted molar refractivity (Wildman–Crippen MR) is 104 cm³/mol. The number of ether oxygens (including phenoxy) is 1. The summed E-state index contributed by atoms with van der Waals surface area (Å²) in [6.45, 7) is 5.66. The third kappa shape index (κ3) is 6.10. The molecule has 3 amide bonds. The van der Waals surface area contributed by atoms with E-state index < -0.39 is 17.9 Å². The summed E-state index contributed by atoms with van der Waals surface area (Å²) in [5.41, 5.74) is 6.67. The molecule has 1 atom stereocenters. The molecular weight excluding hydrogens is 366 g/mol. The minimum atomic E-state index is -0.774. The first-order chi connectivity index (χ1) is 12.9. The minimum absolute atomic E-state index is 0.0453. The van der Waals surface area contributed by atoms with Crippen molar-refractivity contribution in [3.63, 3.8) is 0 Å². The van der Waals surface area contributed by atoms with Crippen molar-refractivity contribution in [3.8, 4) is 5.75 Å². The minimum Gasteiger partial charge on any atom is -0.481 e. The number of benzene rings is 1. The molecule has 144 valence electrons. The molecule has 0 saturated heterocycles. The Morgan fingerprint density at radius 1 is 1.11 bits per heavy atom. The van der Waals surface area contributed by atoms with Gasteiger partial charge in [-0.1, -0.05) is 18.2 Å². The van der Waals surface area contributed by atoms with Crippen LogP contribution >= 0.6 is 11.3 Å². The molecule has 7 nitrogen and oxygen atoms in total. The highest BCUT2D eigenvalue weighted by Gasteiger charge is 2.16. The van der Waals surface area contributed by atoms with Crippen LogP contribution in [0.1, 0.15) is 34.1 Å². The van der Waals surface area contributed by atoms with Crippen LogP contribution in [-0.2, 0) is 9.59 Å². The number of rotatable bonds is 7. The van der Waals surface area contributed by atoms with Gasteiger partial charge in [0.1, 0.15) is 5.75 Å². The maximum atomic E-state index is 12.1. The molecule has 0 radical (unpaired) electrons. The Balaban J connectivity index is 1.70. The van der Waals surface area contributed by atoms with Crippen LogP contribution in [0.2, 0.25) is 0 Å². The number of hydrogen-bond acceptors (Lipinski definition) is 5. The first-order valence-electron chi connectivity index (χ1n) is 8.51. The second kappa shape index (κ2) is 9.72. The zero-order valence-electron chi connectivity index (χ0n) is 15.5. The molecule has 0 fully saturated rings. The van der Waals surface area contributed by atoms with Gasteiger partial charge in [0.25, 0.3) is 11.8 Å². The van der Waals surface area contributed by atoms with Crippen molar-refractivity contribution in [2.75, 3.05) is 6.54 Å². The van der Waals surface area contributed by atoms with Crippen LogP contribution in [0, 0.1) is 13.8 Å². The van der Waals surface area contributed by atoms with E-state index in [0.717, 1.165) is 11.1 Å². The molecule has 0 aliphatic heterocycles. The van der Waals surface area contributed by atoms with Crippen LogP contribution < -0.4 is 20.9 Å². The molecule has 0 aliphatic rings. The molecule has 2 aromatic rings. The lowest BCUT2D eigenvalue weighted by Gasteiger charge is -2.17. The molecular formula is C19H23N3O4S. The van der Waals surface area contributed by atoms with E-state index in [2.05, 4.69) is 16.2 Å². The van der Waals surface area contributed by atoms with E-state index in [-0.39, 0.29) is 18.9 Å². The zero-order valence-corrected chi connectivity index (χ0v) is 16.3. The van der Waals surface area contributed by atoms with Crippen molar-refractivity contribution in [2.45, 2.75) is 33.3 Å². The number of hydrogen-bond donors (Lipinski definition) is 3. The number of hydrazine groups is 1. The molecule has 1 aromatic heterocycles. The van der Waals surface area contributed by atoms with Gasteiger partial charge in [-0.25, -0.2) is 0 Å². The van der Waals surface area contributed by atoms with Crippen LogP contribution in [0.3, 0.4) is 0 Å². The molecule has 3 N–H and O–H groups in total. The molecule has 1 heterocycles. The predicted octanol–water partition coefficient (Wildman–Crippen LogP) is 2.10. The first kappa shape index (κ1) is 20.4. The number of thiophene rings is 1. The highest BCUT2D eigenvalue weighted by atomic mass is 32.1. The summed E-state index contributed by atoms with van der Waals surface area (Å²) in [6, 6.07) is 9.10. The summed E-state index contributed by atoms with van der Waals surface area (Å²) in [6.07, 6.45) is -0.729. The molecule has 8 heteroatoms. The molecule has 2 rings (SSSR count). The van der Waals surface area contributed by atoms with Gasteiger partial charge in [-0.3, -0.25) is 25.2 Å². The average Bonchev–Trinajstić information content (AvgIpc) is 3.18. The lowest BCUT2D eigenvalue weighted by atomic mass is 10.1. The standard InChI is InChI=1S/C19H23N3O4S/c1-12-6-4-7-15(13(12)2)26-14(3)18(24)22-21-17(23)9-10-20-19(25)16-8-5-11-27-16/h4-8,11,14H,9-10H2,1-3H3,(H,20,25)(H,21,23)(H,22,24). The Labute approximate surface area is 162 Å². The average molecular weight is 389 g/mol. The quantitative estimate of drug-likeness (QED) is 0.632. The summed E-state index contributed by atoms with van der Waals surface area (Å²) in [5, 5.41) is 4.45. The van der Waals surface area contributed by atoms with Gasteiger partial charge in [0, 0.05) is 13.0 Å². The van der Waals surface area contributed by atoms with Crippen LogP contribution in [0.4, 0.5) is 0 Å². The fraction of sp³-hybridized carbons (Fsp3) is 0.316. The van der Waals surface area contributed by atoms with Crippen LogP contribution in [0.5, 0.6) is 5.75 Å². The fourth-order valence-electron chi connectivity index (χ4n) is 2.18. The first-order valence-corrected chi connectivity index (χ1v) is 9.39. The number of aryl methyl sites for hydroxylation is 1. The Kier molecular flexibility index (Phi) is 7.36. The van der Waals surface area contributed by atoms with Crippen LogP contribution in [0.15, 0.2) is 35.7 Å². The van der Waals surface area contributed by atoms with Gasteiger partial charge < -0.3 is 10.1 Å². The highest BCUT2D eigenvalue weighted by molar-refractivity contribution is 7.12. The van der Waals surface area contributed by atoms with E-state index in [1.165, 1.54) is 11.3 Å². The van der Waals surface area contributed by atoms with Crippen molar-refractivity contribution in [1.82, 2.24) is 16.2 Å². The molecule has 1 unspecified atom stereocenters. The lowest BCUT2D eigenvalue weighted by molar-refractivity contribution is -0.132. The van der Waals surface area contributed by atoms with E-state index in [1.807, 2.05) is 26.0 Å². The summed E-state index contributed by atoms with van der Waals surface area (Å²) in [4.78, 5) is 36.2. The topological polar surface area (TPSA) is 96.5 Å². The van der Waals surface area contributed by atoms with Crippen molar-refractivity contribution in [2.24, 2.45) is 0 Å². The Morgan fingerprint density at radius 2 is 1.89 bits per heavy atom. The van der Waals surface area contributed by atoms with Crippen molar-refractivity contribution < 1.29 is 19.1 Å². The van der Waals surface area contributed by atoms with Crippen molar-refractivity contribution >= 4 is 29.1 Å². The Hall–Kier alpha value is -2.87. The number of amides is 3. The van der Waals surface area contributed by atoms with Gasteiger partial charge in [-0.2, -0.15) is 0 Å². The maximum absolute atomic E-state index is 12.1. The lowest BCUT2D eigenvalue weighted by Crippen LogP contribution is -2.47. The second-order valence-corrected chi connectivity index (χ2v) is 6.93. The SMILES string of the molecule is Cc1cccc(OC(C)C(=O)NNC(=O)CCNC(=O)c2cccs2)c1C. The number of carbonyl (C=O) groups excluding carboxylic acids is 3. The maximum Gasteiger partial charge on any atom is 0.279 e. The van der Waals surface area contributed by atoms with Gasteiger partial charge in [-0.05, 0) is 49.4 Å². The number of carbonyl (C=O) groups is 3.